The van der Waals surface area contributed by atoms with E-state index in [-0.39, 0.29) is 18.0 Å². The van der Waals surface area contributed by atoms with E-state index >= 15 is 0 Å². The number of carbonyl (C=O) groups is 1. The third-order valence-corrected chi connectivity index (χ3v) is 4.98. The van der Waals surface area contributed by atoms with Crippen molar-refractivity contribution in [2.45, 2.75) is 58.7 Å². The lowest BCUT2D eigenvalue weighted by molar-refractivity contribution is -0.128. The van der Waals surface area contributed by atoms with Gasteiger partial charge in [-0.15, -0.1) is 0 Å². The second kappa shape index (κ2) is 7.99. The van der Waals surface area contributed by atoms with Gasteiger partial charge in [-0.25, -0.2) is 4.98 Å². The molecule has 0 radical (unpaired) electrons. The van der Waals surface area contributed by atoms with E-state index < -0.39 is 0 Å². The highest BCUT2D eigenvalue weighted by atomic mass is 16.2. The molecule has 1 amide bonds. The molecular weight excluding hydrogens is 326 g/mol. The quantitative estimate of drug-likeness (QED) is 0.865. The van der Waals surface area contributed by atoms with Gasteiger partial charge < -0.3 is 9.88 Å². The minimum Gasteiger partial charge on any atom is -0.354 e. The van der Waals surface area contributed by atoms with Crippen LogP contribution in [0.4, 0.5) is 0 Å². The Hall–Kier alpha value is -2.21. The minimum atomic E-state index is -0.285. The number of hydrogen-bond donors (Lipinski definition) is 1. The van der Waals surface area contributed by atoms with Gasteiger partial charge in [-0.1, -0.05) is 6.07 Å². The third-order valence-electron chi connectivity index (χ3n) is 4.98. The number of rotatable bonds is 6. The SMILES string of the molecule is CC(C)N1CCc2ncn(C(C)C)c2[C@H]1C(=O)NCCc1ccccn1. The van der Waals surface area contributed by atoms with Crippen LogP contribution in [0.1, 0.15) is 56.9 Å². The molecule has 0 unspecified atom stereocenters. The third kappa shape index (κ3) is 3.80. The molecule has 6 heteroatoms. The van der Waals surface area contributed by atoms with Crippen molar-refractivity contribution >= 4 is 5.91 Å². The zero-order valence-corrected chi connectivity index (χ0v) is 16.1. The summed E-state index contributed by atoms with van der Waals surface area (Å²) in [5.74, 6) is 0.0537. The van der Waals surface area contributed by atoms with Gasteiger partial charge in [-0.3, -0.25) is 14.7 Å². The first-order chi connectivity index (χ1) is 12.5. The van der Waals surface area contributed by atoms with Crippen molar-refractivity contribution in [2.75, 3.05) is 13.1 Å². The molecule has 6 nitrogen and oxygen atoms in total. The van der Waals surface area contributed by atoms with Gasteiger partial charge in [0.2, 0.25) is 5.91 Å². The number of imidazole rings is 1. The Labute approximate surface area is 155 Å². The van der Waals surface area contributed by atoms with Crippen molar-refractivity contribution in [3.05, 3.63) is 47.8 Å². The number of nitrogens with zero attached hydrogens (tertiary/aromatic N) is 4. The monoisotopic (exact) mass is 355 g/mol. The predicted octanol–water partition coefficient (Wildman–Crippen LogP) is 2.53. The summed E-state index contributed by atoms with van der Waals surface area (Å²) in [7, 11) is 0. The van der Waals surface area contributed by atoms with Gasteiger partial charge in [0.25, 0.3) is 0 Å². The normalized spacial score (nSPS) is 17.5. The highest BCUT2D eigenvalue weighted by Crippen LogP contribution is 2.32. The summed E-state index contributed by atoms with van der Waals surface area (Å²) in [6.07, 6.45) is 5.29. The zero-order chi connectivity index (χ0) is 18.7. The van der Waals surface area contributed by atoms with Crippen molar-refractivity contribution in [3.8, 4) is 0 Å². The van der Waals surface area contributed by atoms with Crippen LogP contribution in [-0.4, -0.2) is 44.5 Å². The number of pyridine rings is 1. The van der Waals surface area contributed by atoms with E-state index in [1.165, 1.54) is 0 Å². The topological polar surface area (TPSA) is 63.1 Å². The van der Waals surface area contributed by atoms with E-state index in [9.17, 15) is 4.79 Å². The Bertz CT molecular complexity index is 738. The molecule has 0 spiro atoms. The molecule has 1 aliphatic heterocycles. The average Bonchev–Trinajstić information content (AvgIpc) is 3.06. The molecule has 0 saturated carbocycles. The number of amides is 1. The Morgan fingerprint density at radius 3 is 2.69 bits per heavy atom. The molecule has 1 aliphatic rings. The summed E-state index contributed by atoms with van der Waals surface area (Å²) in [6, 6.07) is 6.15. The predicted molar refractivity (Wildman–Crippen MR) is 102 cm³/mol. The van der Waals surface area contributed by atoms with Crippen molar-refractivity contribution < 1.29 is 4.79 Å². The van der Waals surface area contributed by atoms with Crippen LogP contribution in [0.5, 0.6) is 0 Å². The summed E-state index contributed by atoms with van der Waals surface area (Å²) >= 11 is 0. The molecule has 140 valence electrons. The molecule has 0 saturated heterocycles. The second-order valence-electron chi connectivity index (χ2n) is 7.42. The fraction of sp³-hybridized carbons (Fsp3) is 0.550. The number of hydrogen-bond acceptors (Lipinski definition) is 4. The molecule has 0 bridgehead atoms. The van der Waals surface area contributed by atoms with E-state index in [2.05, 4.69) is 52.4 Å². The van der Waals surface area contributed by atoms with Crippen LogP contribution in [0, 0.1) is 0 Å². The molecule has 0 aromatic carbocycles. The molecule has 0 aliphatic carbocycles. The van der Waals surface area contributed by atoms with E-state index in [0.29, 0.717) is 12.6 Å². The van der Waals surface area contributed by atoms with Crippen LogP contribution in [0.3, 0.4) is 0 Å². The van der Waals surface area contributed by atoms with Gasteiger partial charge in [-0.2, -0.15) is 0 Å². The summed E-state index contributed by atoms with van der Waals surface area (Å²) in [5.41, 5.74) is 3.10. The van der Waals surface area contributed by atoms with Gasteiger partial charge in [0.05, 0.1) is 17.7 Å². The lowest BCUT2D eigenvalue weighted by Crippen LogP contribution is -2.48. The molecule has 2 aromatic heterocycles. The molecule has 0 fully saturated rings. The smallest absolute Gasteiger partial charge is 0.243 e. The first-order valence-electron chi connectivity index (χ1n) is 9.48. The maximum absolute atomic E-state index is 13.1. The van der Waals surface area contributed by atoms with Crippen LogP contribution in [-0.2, 0) is 17.6 Å². The van der Waals surface area contributed by atoms with Crippen LogP contribution in [0.15, 0.2) is 30.7 Å². The molecule has 26 heavy (non-hydrogen) atoms. The minimum absolute atomic E-state index is 0.0537. The van der Waals surface area contributed by atoms with Crippen LogP contribution in [0.2, 0.25) is 0 Å². The zero-order valence-electron chi connectivity index (χ0n) is 16.1. The molecule has 2 aromatic rings. The highest BCUT2D eigenvalue weighted by Gasteiger charge is 2.37. The fourth-order valence-electron chi connectivity index (χ4n) is 3.62. The molecule has 1 N–H and O–H groups in total. The van der Waals surface area contributed by atoms with E-state index in [4.69, 9.17) is 0 Å². The summed E-state index contributed by atoms with van der Waals surface area (Å²) in [6.45, 7) is 10.0. The number of carbonyl (C=O) groups excluding carboxylic acids is 1. The Balaban J connectivity index is 1.78. The van der Waals surface area contributed by atoms with E-state index in [0.717, 1.165) is 36.5 Å². The van der Waals surface area contributed by atoms with Gasteiger partial charge in [0, 0.05) is 49.9 Å². The largest absolute Gasteiger partial charge is 0.354 e. The van der Waals surface area contributed by atoms with Crippen LogP contribution in [0.25, 0.3) is 0 Å². The standard InChI is InChI=1S/C20H29N5O/c1-14(2)24-12-9-17-18(25(13-23-17)15(3)4)19(24)20(26)22-11-8-16-7-5-6-10-21-16/h5-7,10,13-15,19H,8-9,11-12H2,1-4H3,(H,22,26)/t19-/m0/s1. The van der Waals surface area contributed by atoms with E-state index in [1.807, 2.05) is 24.5 Å². The summed E-state index contributed by atoms with van der Waals surface area (Å²) in [4.78, 5) is 24.3. The highest BCUT2D eigenvalue weighted by molar-refractivity contribution is 5.83. The molecule has 1 atom stereocenters. The van der Waals surface area contributed by atoms with E-state index in [1.54, 1.807) is 6.20 Å². The average molecular weight is 355 g/mol. The van der Waals surface area contributed by atoms with Gasteiger partial charge in [-0.05, 0) is 39.8 Å². The Morgan fingerprint density at radius 1 is 1.23 bits per heavy atom. The van der Waals surface area contributed by atoms with Crippen molar-refractivity contribution in [1.29, 1.82) is 0 Å². The van der Waals surface area contributed by atoms with Gasteiger partial charge in [0.15, 0.2) is 0 Å². The lowest BCUT2D eigenvalue weighted by atomic mass is 9.99. The fourth-order valence-corrected chi connectivity index (χ4v) is 3.62. The van der Waals surface area contributed by atoms with Crippen molar-refractivity contribution in [2.24, 2.45) is 0 Å². The Kier molecular flexibility index (Phi) is 5.71. The summed E-state index contributed by atoms with van der Waals surface area (Å²) in [5, 5.41) is 3.12. The van der Waals surface area contributed by atoms with Gasteiger partial charge in [0.1, 0.15) is 6.04 Å². The number of aromatic nitrogens is 3. The molecule has 3 rings (SSSR count). The maximum atomic E-state index is 13.1. The summed E-state index contributed by atoms with van der Waals surface area (Å²) < 4.78 is 2.15. The van der Waals surface area contributed by atoms with Crippen molar-refractivity contribution in [3.63, 3.8) is 0 Å². The first-order valence-corrected chi connectivity index (χ1v) is 9.48. The van der Waals surface area contributed by atoms with Crippen LogP contribution >= 0.6 is 0 Å². The van der Waals surface area contributed by atoms with Crippen molar-refractivity contribution in [1.82, 2.24) is 24.8 Å². The maximum Gasteiger partial charge on any atom is 0.243 e. The van der Waals surface area contributed by atoms with Gasteiger partial charge >= 0.3 is 0 Å². The lowest BCUT2D eigenvalue weighted by Gasteiger charge is -2.38. The Morgan fingerprint density at radius 2 is 2.04 bits per heavy atom. The molecular formula is C20H29N5O. The first kappa shape index (κ1) is 18.6. The number of nitrogens with one attached hydrogen (secondary N) is 1. The molecule has 3 heterocycles. The second-order valence-corrected chi connectivity index (χ2v) is 7.42. The number of fused-ring (bicyclic) bond motifs is 1. The van der Waals surface area contributed by atoms with Crippen LogP contribution < -0.4 is 5.32 Å².